The Morgan fingerprint density at radius 3 is 2.87 bits per heavy atom. The van der Waals surface area contributed by atoms with Gasteiger partial charge in [0.15, 0.2) is 0 Å². The number of nitrogens with one attached hydrogen (secondary N) is 2. The van der Waals surface area contributed by atoms with Gasteiger partial charge < -0.3 is 15.4 Å². The van der Waals surface area contributed by atoms with Crippen LogP contribution in [0.5, 0.6) is 0 Å². The lowest BCUT2D eigenvalue weighted by atomic mass is 9.88. The van der Waals surface area contributed by atoms with Crippen molar-refractivity contribution in [2.45, 2.75) is 50.5 Å². The van der Waals surface area contributed by atoms with Crippen LogP contribution in [0.15, 0.2) is 55.0 Å². The van der Waals surface area contributed by atoms with Crippen molar-refractivity contribution in [3.05, 3.63) is 66.1 Å². The summed E-state index contributed by atoms with van der Waals surface area (Å²) < 4.78 is 34.0. The smallest absolute Gasteiger partial charge is 0.266 e. The lowest BCUT2D eigenvalue weighted by molar-refractivity contribution is -0.112. The number of nitrogens with zero attached hydrogens (tertiary/aromatic N) is 4. The number of carbonyl (C=O) groups is 1. The quantitative estimate of drug-likeness (QED) is 0.274. The van der Waals surface area contributed by atoms with Gasteiger partial charge in [0.05, 0.1) is 31.0 Å². The van der Waals surface area contributed by atoms with Crippen LogP contribution in [-0.2, 0) is 16.0 Å². The summed E-state index contributed by atoms with van der Waals surface area (Å²) in [4.78, 5) is 27.6. The van der Waals surface area contributed by atoms with Crippen LogP contribution < -0.4 is 10.6 Å². The second kappa shape index (κ2) is 12.6. The largest absolute Gasteiger partial charge is 0.379 e. The van der Waals surface area contributed by atoms with Gasteiger partial charge in [-0.05, 0) is 61.9 Å². The van der Waals surface area contributed by atoms with Crippen molar-refractivity contribution in [2.24, 2.45) is 0 Å². The van der Waals surface area contributed by atoms with Crippen molar-refractivity contribution in [1.82, 2.24) is 19.9 Å². The van der Waals surface area contributed by atoms with Crippen LogP contribution in [0.25, 0.3) is 10.9 Å². The molecule has 1 aliphatic heterocycles. The molecule has 3 aromatic rings. The fourth-order valence-electron chi connectivity index (χ4n) is 5.18. The highest BCUT2D eigenvalue weighted by molar-refractivity contribution is 6.00. The summed E-state index contributed by atoms with van der Waals surface area (Å²) in [5.74, 6) is -2.84. The number of aromatic nitrogens is 3. The van der Waals surface area contributed by atoms with Crippen molar-refractivity contribution in [2.75, 3.05) is 43.5 Å². The molecular formula is C29H34F2N6O2. The van der Waals surface area contributed by atoms with Crippen LogP contribution >= 0.6 is 0 Å². The number of benzene rings is 1. The van der Waals surface area contributed by atoms with E-state index < -0.39 is 11.8 Å². The maximum atomic E-state index is 14.3. The molecule has 2 aliphatic rings. The maximum absolute atomic E-state index is 14.3. The maximum Gasteiger partial charge on any atom is 0.266 e. The third-order valence-electron chi connectivity index (χ3n) is 7.27. The Bertz CT molecular complexity index is 1310. The molecular weight excluding hydrogens is 502 g/mol. The van der Waals surface area contributed by atoms with Gasteiger partial charge in [0, 0.05) is 31.0 Å². The molecule has 1 amide bonds. The van der Waals surface area contributed by atoms with Crippen molar-refractivity contribution >= 4 is 28.4 Å². The molecule has 1 fully saturated rings. The Morgan fingerprint density at radius 2 is 2.00 bits per heavy atom. The van der Waals surface area contributed by atoms with Crippen LogP contribution in [0.4, 0.5) is 20.4 Å². The minimum atomic E-state index is -3.06. The number of amides is 1. The molecule has 39 heavy (non-hydrogen) atoms. The van der Waals surface area contributed by atoms with E-state index in [0.29, 0.717) is 48.9 Å². The van der Waals surface area contributed by atoms with E-state index in [0.717, 1.165) is 45.0 Å². The number of alkyl halides is 2. The van der Waals surface area contributed by atoms with Crippen LogP contribution in [0.1, 0.15) is 49.3 Å². The van der Waals surface area contributed by atoms with Gasteiger partial charge in [-0.2, -0.15) is 0 Å². The van der Waals surface area contributed by atoms with E-state index in [9.17, 15) is 13.6 Å². The zero-order chi connectivity index (χ0) is 27.1. The number of hydrogen-bond donors (Lipinski definition) is 2. The van der Waals surface area contributed by atoms with Gasteiger partial charge in [0.2, 0.25) is 5.91 Å². The SMILES string of the molecule is O=C(C=CC(F)(F)CCCCN1CCOCC1)Nc1cc2c(NC3CCCc4ccccc43)ncnc2cn1. The van der Waals surface area contributed by atoms with Gasteiger partial charge in [0.25, 0.3) is 5.92 Å². The van der Waals surface area contributed by atoms with E-state index in [-0.39, 0.29) is 18.3 Å². The molecule has 2 N–H and O–H groups in total. The number of carbonyl (C=O) groups excluding carboxylic acids is 1. The molecule has 1 unspecified atom stereocenters. The first-order valence-electron chi connectivity index (χ1n) is 13.6. The lowest BCUT2D eigenvalue weighted by Crippen LogP contribution is -2.36. The molecule has 1 aliphatic carbocycles. The summed E-state index contributed by atoms with van der Waals surface area (Å²) in [5, 5.41) is 6.82. The Morgan fingerprint density at radius 1 is 1.15 bits per heavy atom. The normalized spacial score (nSPS) is 18.3. The molecule has 5 rings (SSSR count). The summed E-state index contributed by atoms with van der Waals surface area (Å²) >= 11 is 0. The number of pyridine rings is 1. The summed E-state index contributed by atoms with van der Waals surface area (Å²) in [5.41, 5.74) is 3.20. The molecule has 2 aromatic heterocycles. The number of ether oxygens (including phenoxy) is 1. The molecule has 1 atom stereocenters. The second-order valence-electron chi connectivity index (χ2n) is 10.1. The number of fused-ring (bicyclic) bond motifs is 2. The first-order chi connectivity index (χ1) is 19.0. The highest BCUT2D eigenvalue weighted by Crippen LogP contribution is 2.33. The van der Waals surface area contributed by atoms with Crippen molar-refractivity contribution in [1.29, 1.82) is 0 Å². The van der Waals surface area contributed by atoms with Gasteiger partial charge >= 0.3 is 0 Å². The molecule has 1 saturated heterocycles. The predicted molar refractivity (Wildman–Crippen MR) is 147 cm³/mol. The Labute approximate surface area is 226 Å². The third-order valence-corrected chi connectivity index (χ3v) is 7.27. The zero-order valence-corrected chi connectivity index (χ0v) is 21.9. The van der Waals surface area contributed by atoms with Gasteiger partial charge in [0.1, 0.15) is 18.0 Å². The van der Waals surface area contributed by atoms with Crippen molar-refractivity contribution in [3.8, 4) is 0 Å². The number of rotatable bonds is 10. The number of allylic oxidation sites excluding steroid dienone is 1. The van der Waals surface area contributed by atoms with Gasteiger partial charge in [-0.1, -0.05) is 24.3 Å². The molecule has 1 aromatic carbocycles. The lowest BCUT2D eigenvalue weighted by Gasteiger charge is -2.27. The van der Waals surface area contributed by atoms with Crippen molar-refractivity contribution < 1.29 is 18.3 Å². The number of aryl methyl sites for hydroxylation is 1. The van der Waals surface area contributed by atoms with Gasteiger partial charge in [-0.25, -0.2) is 23.7 Å². The molecule has 8 nitrogen and oxygen atoms in total. The Kier molecular flexibility index (Phi) is 8.73. The average molecular weight is 537 g/mol. The first-order valence-corrected chi connectivity index (χ1v) is 13.6. The Balaban J connectivity index is 1.19. The molecule has 0 saturated carbocycles. The average Bonchev–Trinajstić information content (AvgIpc) is 2.95. The molecule has 0 bridgehead atoms. The van der Waals surface area contributed by atoms with E-state index in [1.165, 1.54) is 17.5 Å². The van der Waals surface area contributed by atoms with Crippen LogP contribution in [-0.4, -0.2) is 64.5 Å². The number of halogens is 2. The van der Waals surface area contributed by atoms with E-state index >= 15 is 0 Å². The van der Waals surface area contributed by atoms with Crippen LogP contribution in [0, 0.1) is 0 Å². The van der Waals surface area contributed by atoms with E-state index in [2.05, 4.69) is 48.7 Å². The molecule has 206 valence electrons. The number of hydrogen-bond acceptors (Lipinski definition) is 7. The monoisotopic (exact) mass is 536 g/mol. The molecule has 0 spiro atoms. The number of unbranched alkanes of at least 4 members (excludes halogenated alkanes) is 1. The molecule has 10 heteroatoms. The summed E-state index contributed by atoms with van der Waals surface area (Å²) in [6.45, 7) is 3.86. The topological polar surface area (TPSA) is 92.3 Å². The van der Waals surface area contributed by atoms with Crippen LogP contribution in [0.2, 0.25) is 0 Å². The summed E-state index contributed by atoms with van der Waals surface area (Å²) in [6, 6.07) is 10.2. The predicted octanol–water partition coefficient (Wildman–Crippen LogP) is 5.15. The van der Waals surface area contributed by atoms with Crippen LogP contribution in [0.3, 0.4) is 0 Å². The Hall–Kier alpha value is -3.50. The van der Waals surface area contributed by atoms with E-state index in [1.54, 1.807) is 12.3 Å². The first kappa shape index (κ1) is 27.1. The minimum Gasteiger partial charge on any atom is -0.379 e. The van der Waals surface area contributed by atoms with E-state index in [1.807, 2.05) is 6.07 Å². The number of morpholine rings is 1. The minimum absolute atomic E-state index is 0.110. The highest BCUT2D eigenvalue weighted by atomic mass is 19.3. The fourth-order valence-corrected chi connectivity index (χ4v) is 5.18. The highest BCUT2D eigenvalue weighted by Gasteiger charge is 2.25. The second-order valence-corrected chi connectivity index (χ2v) is 10.1. The molecule has 0 radical (unpaired) electrons. The summed E-state index contributed by atoms with van der Waals surface area (Å²) in [7, 11) is 0. The van der Waals surface area contributed by atoms with E-state index in [4.69, 9.17) is 4.74 Å². The fraction of sp³-hybridized carbons (Fsp3) is 0.448. The standard InChI is InChI=1S/C29H34F2N6O2/c30-29(31,11-3-4-13-37-14-16-39-17-15-37)12-10-27(38)36-26-18-23-25(19-32-26)33-20-34-28(23)35-24-9-5-7-21-6-1-2-8-22(21)24/h1-2,6,8,10,12,18-20,24H,3-5,7,9,11,13-17H2,(H,32,36,38)(H,33,34,35). The number of anilines is 2. The zero-order valence-electron chi connectivity index (χ0n) is 21.9. The third kappa shape index (κ3) is 7.33. The van der Waals surface area contributed by atoms with Crippen molar-refractivity contribution in [3.63, 3.8) is 0 Å². The summed E-state index contributed by atoms with van der Waals surface area (Å²) in [6.07, 6.45) is 8.44. The molecule has 3 heterocycles. The van der Waals surface area contributed by atoms with Gasteiger partial charge in [-0.3, -0.25) is 9.69 Å². The van der Waals surface area contributed by atoms with Gasteiger partial charge in [-0.15, -0.1) is 0 Å².